The minimum Gasteiger partial charge on any atom is -0.384 e. The summed E-state index contributed by atoms with van der Waals surface area (Å²) in [5.74, 6) is -0.352. The van der Waals surface area contributed by atoms with Crippen molar-refractivity contribution in [1.82, 2.24) is 0 Å². The molecule has 2 aromatic rings. The van der Waals surface area contributed by atoms with E-state index in [1.54, 1.807) is 12.1 Å². The molecule has 24 heavy (non-hydrogen) atoms. The van der Waals surface area contributed by atoms with Crippen LogP contribution >= 0.6 is 0 Å². The summed E-state index contributed by atoms with van der Waals surface area (Å²) in [6, 6.07) is 14.2. The van der Waals surface area contributed by atoms with E-state index in [0.717, 1.165) is 18.8 Å². The average molecular weight is 327 g/mol. The lowest BCUT2D eigenvalue weighted by Gasteiger charge is -2.17. The van der Waals surface area contributed by atoms with Gasteiger partial charge in [0.15, 0.2) is 0 Å². The molecule has 0 radical (unpaired) electrons. The highest BCUT2D eigenvalue weighted by Gasteiger charge is 2.12. The van der Waals surface area contributed by atoms with Gasteiger partial charge in [0, 0.05) is 43.1 Å². The molecule has 126 valence electrons. The second-order valence-electron chi connectivity index (χ2n) is 5.98. The lowest BCUT2D eigenvalue weighted by Crippen LogP contribution is -2.18. The first-order valence-electron chi connectivity index (χ1n) is 8.35. The highest BCUT2D eigenvalue weighted by molar-refractivity contribution is 5.91. The maximum Gasteiger partial charge on any atom is 0.226 e. The van der Waals surface area contributed by atoms with Gasteiger partial charge in [-0.15, -0.1) is 0 Å². The number of carbonyl (C=O) groups is 1. The van der Waals surface area contributed by atoms with Crippen molar-refractivity contribution in [2.75, 3.05) is 35.2 Å². The number of rotatable bonds is 6. The van der Waals surface area contributed by atoms with Gasteiger partial charge in [-0.05, 0) is 55.3 Å². The molecule has 0 unspecified atom stereocenters. The Balaban J connectivity index is 1.44. The smallest absolute Gasteiger partial charge is 0.226 e. The van der Waals surface area contributed by atoms with Gasteiger partial charge in [-0.25, -0.2) is 4.39 Å². The molecule has 0 saturated carbocycles. The van der Waals surface area contributed by atoms with E-state index in [9.17, 15) is 9.18 Å². The predicted octanol–water partition coefficient (Wildman–Crippen LogP) is 3.87. The van der Waals surface area contributed by atoms with E-state index in [0.29, 0.717) is 18.7 Å². The van der Waals surface area contributed by atoms with Gasteiger partial charge in [0.25, 0.3) is 0 Å². The maximum atomic E-state index is 13.1. The topological polar surface area (TPSA) is 44.4 Å². The number of anilines is 3. The van der Waals surface area contributed by atoms with Gasteiger partial charge in [0.05, 0.1) is 0 Å². The Morgan fingerprint density at radius 3 is 2.50 bits per heavy atom. The zero-order valence-corrected chi connectivity index (χ0v) is 13.6. The van der Waals surface area contributed by atoms with Crippen LogP contribution in [-0.4, -0.2) is 25.5 Å². The molecule has 5 heteroatoms. The molecule has 0 aromatic heterocycles. The van der Waals surface area contributed by atoms with Crippen LogP contribution in [0.15, 0.2) is 48.5 Å². The van der Waals surface area contributed by atoms with Crippen LogP contribution in [0.1, 0.15) is 19.3 Å². The van der Waals surface area contributed by atoms with Crippen molar-refractivity contribution in [3.63, 3.8) is 0 Å². The van der Waals surface area contributed by atoms with Crippen molar-refractivity contribution in [2.24, 2.45) is 0 Å². The number of nitrogens with one attached hydrogen (secondary N) is 2. The van der Waals surface area contributed by atoms with Crippen LogP contribution in [0.4, 0.5) is 21.5 Å². The third-order valence-corrected chi connectivity index (χ3v) is 4.13. The van der Waals surface area contributed by atoms with Crippen LogP contribution in [0.2, 0.25) is 0 Å². The molecule has 1 amide bonds. The molecule has 0 aliphatic carbocycles. The lowest BCUT2D eigenvalue weighted by molar-refractivity contribution is -0.115. The monoisotopic (exact) mass is 327 g/mol. The van der Waals surface area contributed by atoms with Gasteiger partial charge in [-0.3, -0.25) is 4.79 Å². The Labute approximate surface area is 141 Å². The van der Waals surface area contributed by atoms with Crippen molar-refractivity contribution in [1.29, 1.82) is 0 Å². The molecule has 3 rings (SSSR count). The molecule has 0 atom stereocenters. The Kier molecular flexibility index (Phi) is 5.31. The van der Waals surface area contributed by atoms with E-state index in [4.69, 9.17) is 0 Å². The first-order valence-corrected chi connectivity index (χ1v) is 8.35. The van der Waals surface area contributed by atoms with Gasteiger partial charge in [-0.2, -0.15) is 0 Å². The first kappa shape index (κ1) is 16.3. The van der Waals surface area contributed by atoms with Crippen LogP contribution < -0.4 is 15.5 Å². The molecule has 2 aromatic carbocycles. The summed E-state index contributed by atoms with van der Waals surface area (Å²) >= 11 is 0. The van der Waals surface area contributed by atoms with E-state index in [1.165, 1.54) is 30.7 Å². The lowest BCUT2D eigenvalue weighted by atomic mass is 10.2. The molecule has 1 aliphatic heterocycles. The summed E-state index contributed by atoms with van der Waals surface area (Å²) in [5, 5.41) is 5.93. The number of carbonyl (C=O) groups excluding carboxylic acids is 1. The number of amides is 1. The molecule has 1 heterocycles. The van der Waals surface area contributed by atoms with Crippen molar-refractivity contribution in [3.05, 3.63) is 54.3 Å². The van der Waals surface area contributed by atoms with E-state index >= 15 is 0 Å². The van der Waals surface area contributed by atoms with Gasteiger partial charge < -0.3 is 15.5 Å². The second-order valence-corrected chi connectivity index (χ2v) is 5.98. The fourth-order valence-electron chi connectivity index (χ4n) is 2.87. The third kappa shape index (κ3) is 4.47. The fourth-order valence-corrected chi connectivity index (χ4v) is 2.87. The molecule has 4 nitrogen and oxygen atoms in total. The largest absolute Gasteiger partial charge is 0.384 e. The molecule has 2 N–H and O–H groups in total. The van der Waals surface area contributed by atoms with Crippen LogP contribution in [0, 0.1) is 5.82 Å². The number of halogens is 1. The average Bonchev–Trinajstić information content (AvgIpc) is 3.10. The zero-order valence-electron chi connectivity index (χ0n) is 13.6. The Morgan fingerprint density at radius 2 is 1.79 bits per heavy atom. The number of nitrogens with zero attached hydrogens (tertiary/aromatic N) is 1. The normalized spacial score (nSPS) is 13.8. The summed E-state index contributed by atoms with van der Waals surface area (Å²) < 4.78 is 13.1. The van der Waals surface area contributed by atoms with E-state index in [1.807, 2.05) is 24.3 Å². The predicted molar refractivity (Wildman–Crippen MR) is 96.0 cm³/mol. The van der Waals surface area contributed by atoms with Crippen molar-refractivity contribution in [3.8, 4) is 0 Å². The Morgan fingerprint density at radius 1 is 1.04 bits per heavy atom. The summed E-state index contributed by atoms with van der Waals surface area (Å²) in [7, 11) is 0. The standard InChI is InChI=1S/C19H22FN3O/c20-15-4-3-5-17(14-15)21-11-10-19(24)22-16-6-8-18(9-7-16)23-12-1-2-13-23/h3-9,14,21H,1-2,10-13H2,(H,22,24). The van der Waals surface area contributed by atoms with Crippen molar-refractivity contribution < 1.29 is 9.18 Å². The number of benzene rings is 2. The molecule has 0 bridgehead atoms. The van der Waals surface area contributed by atoms with Crippen LogP contribution in [0.25, 0.3) is 0 Å². The van der Waals surface area contributed by atoms with Gasteiger partial charge in [0.1, 0.15) is 5.82 Å². The van der Waals surface area contributed by atoms with Crippen LogP contribution in [0.3, 0.4) is 0 Å². The van der Waals surface area contributed by atoms with Crippen LogP contribution in [-0.2, 0) is 4.79 Å². The summed E-state index contributed by atoms with van der Waals surface area (Å²) in [4.78, 5) is 14.3. The van der Waals surface area contributed by atoms with Crippen LogP contribution in [0.5, 0.6) is 0 Å². The fraction of sp³-hybridized carbons (Fsp3) is 0.316. The minimum atomic E-state index is -0.289. The highest BCUT2D eigenvalue weighted by atomic mass is 19.1. The number of hydrogen-bond acceptors (Lipinski definition) is 3. The molecular formula is C19H22FN3O. The molecule has 1 fully saturated rings. The maximum absolute atomic E-state index is 13.1. The number of hydrogen-bond donors (Lipinski definition) is 2. The second kappa shape index (κ2) is 7.81. The summed E-state index contributed by atoms with van der Waals surface area (Å²) in [6.45, 7) is 2.68. The Hall–Kier alpha value is -2.56. The summed E-state index contributed by atoms with van der Waals surface area (Å²) in [5.41, 5.74) is 2.68. The van der Waals surface area contributed by atoms with Gasteiger partial charge >= 0.3 is 0 Å². The first-order chi connectivity index (χ1) is 11.7. The Bertz CT molecular complexity index is 681. The molecular weight excluding hydrogens is 305 g/mol. The minimum absolute atomic E-state index is 0.0622. The van der Waals surface area contributed by atoms with Crippen molar-refractivity contribution in [2.45, 2.75) is 19.3 Å². The van der Waals surface area contributed by atoms with Gasteiger partial charge in [0.2, 0.25) is 5.91 Å². The van der Waals surface area contributed by atoms with E-state index < -0.39 is 0 Å². The highest BCUT2D eigenvalue weighted by Crippen LogP contribution is 2.22. The van der Waals surface area contributed by atoms with Gasteiger partial charge in [-0.1, -0.05) is 6.07 Å². The quantitative estimate of drug-likeness (QED) is 0.846. The van der Waals surface area contributed by atoms with E-state index in [-0.39, 0.29) is 11.7 Å². The molecule has 1 saturated heterocycles. The SMILES string of the molecule is O=C(CCNc1cccc(F)c1)Nc1ccc(N2CCCC2)cc1. The third-order valence-electron chi connectivity index (χ3n) is 4.13. The molecule has 1 aliphatic rings. The summed E-state index contributed by atoms with van der Waals surface area (Å²) in [6.07, 6.45) is 2.82. The van der Waals surface area contributed by atoms with Crippen molar-refractivity contribution >= 4 is 23.0 Å². The zero-order chi connectivity index (χ0) is 16.8. The molecule has 0 spiro atoms. The van der Waals surface area contributed by atoms with E-state index in [2.05, 4.69) is 15.5 Å².